The zero-order chi connectivity index (χ0) is 25.3. The first kappa shape index (κ1) is 24.4. The molecule has 1 N–H and O–H groups in total. The van der Waals surface area contributed by atoms with E-state index in [9.17, 15) is 14.4 Å². The number of esters is 1. The molecule has 4 rings (SSSR count). The first-order valence-electron chi connectivity index (χ1n) is 11.6. The van der Waals surface area contributed by atoms with E-state index in [4.69, 9.17) is 9.47 Å². The summed E-state index contributed by atoms with van der Waals surface area (Å²) in [4.78, 5) is 39.8. The standard InChI is InChI=1S/C30H25NO5/c1-2-35-26-20-12-11-19-25(26)31-29(33)28(22-15-7-4-8-16-22)36-30(34)24-18-10-9-17-23(24)27(32)21-13-5-3-6-14-21/h3-20,28H,2H2,1H3,(H,31,33). The fraction of sp³-hybridized carbons (Fsp3) is 0.100. The van der Waals surface area contributed by atoms with E-state index in [1.54, 1.807) is 97.1 Å². The number of anilines is 1. The van der Waals surface area contributed by atoms with E-state index in [0.717, 1.165) is 0 Å². The van der Waals surface area contributed by atoms with Crippen LogP contribution in [0.1, 0.15) is 44.9 Å². The lowest BCUT2D eigenvalue weighted by atomic mass is 9.98. The molecule has 0 aliphatic carbocycles. The van der Waals surface area contributed by atoms with Crippen LogP contribution in [0.4, 0.5) is 5.69 Å². The third-order valence-electron chi connectivity index (χ3n) is 5.44. The highest BCUT2D eigenvalue weighted by Gasteiger charge is 2.28. The van der Waals surface area contributed by atoms with Gasteiger partial charge in [-0.3, -0.25) is 9.59 Å². The second kappa shape index (κ2) is 11.6. The average Bonchev–Trinajstić information content (AvgIpc) is 2.93. The number of para-hydroxylation sites is 2. The van der Waals surface area contributed by atoms with Crippen LogP contribution in [0.5, 0.6) is 5.75 Å². The molecule has 6 nitrogen and oxygen atoms in total. The first-order valence-corrected chi connectivity index (χ1v) is 11.6. The maximum Gasteiger partial charge on any atom is 0.340 e. The summed E-state index contributed by atoms with van der Waals surface area (Å²) in [6, 6.07) is 30.8. The monoisotopic (exact) mass is 479 g/mol. The van der Waals surface area contributed by atoms with E-state index in [0.29, 0.717) is 29.2 Å². The summed E-state index contributed by atoms with van der Waals surface area (Å²) in [5.74, 6) is -1.13. The number of nitrogens with one attached hydrogen (secondary N) is 1. The van der Waals surface area contributed by atoms with Crippen molar-refractivity contribution in [2.24, 2.45) is 0 Å². The molecule has 0 aromatic heterocycles. The van der Waals surface area contributed by atoms with Gasteiger partial charge in [0.05, 0.1) is 17.9 Å². The second-order valence-corrected chi connectivity index (χ2v) is 7.86. The normalized spacial score (nSPS) is 11.2. The van der Waals surface area contributed by atoms with E-state index in [-0.39, 0.29) is 16.9 Å². The molecule has 0 fully saturated rings. The van der Waals surface area contributed by atoms with Crippen LogP contribution in [0.25, 0.3) is 0 Å². The van der Waals surface area contributed by atoms with Gasteiger partial charge in [0.2, 0.25) is 6.10 Å². The van der Waals surface area contributed by atoms with Crippen LogP contribution in [0, 0.1) is 0 Å². The molecular formula is C30H25NO5. The van der Waals surface area contributed by atoms with Gasteiger partial charge in [0, 0.05) is 16.7 Å². The molecule has 1 atom stereocenters. The van der Waals surface area contributed by atoms with Crippen LogP contribution in [0.15, 0.2) is 109 Å². The van der Waals surface area contributed by atoms with Crippen molar-refractivity contribution in [3.63, 3.8) is 0 Å². The Morgan fingerprint density at radius 1 is 0.722 bits per heavy atom. The van der Waals surface area contributed by atoms with Crippen LogP contribution in [0.3, 0.4) is 0 Å². The predicted molar refractivity (Wildman–Crippen MR) is 137 cm³/mol. The van der Waals surface area contributed by atoms with Crippen LogP contribution in [-0.2, 0) is 9.53 Å². The van der Waals surface area contributed by atoms with E-state index in [1.807, 2.05) is 13.0 Å². The summed E-state index contributed by atoms with van der Waals surface area (Å²) in [6.07, 6.45) is -1.26. The predicted octanol–water partition coefficient (Wildman–Crippen LogP) is 5.85. The number of carbonyl (C=O) groups is 3. The van der Waals surface area contributed by atoms with Crippen molar-refractivity contribution in [1.29, 1.82) is 0 Å². The van der Waals surface area contributed by atoms with Crippen LogP contribution in [-0.4, -0.2) is 24.3 Å². The zero-order valence-electron chi connectivity index (χ0n) is 19.7. The van der Waals surface area contributed by atoms with Crippen molar-refractivity contribution in [2.45, 2.75) is 13.0 Å². The average molecular weight is 480 g/mol. The quantitative estimate of drug-likeness (QED) is 0.240. The number of benzene rings is 4. The molecule has 0 aliphatic rings. The highest BCUT2D eigenvalue weighted by Crippen LogP contribution is 2.28. The summed E-state index contributed by atoms with van der Waals surface area (Å²) in [7, 11) is 0. The highest BCUT2D eigenvalue weighted by molar-refractivity contribution is 6.14. The van der Waals surface area contributed by atoms with E-state index in [2.05, 4.69) is 5.32 Å². The van der Waals surface area contributed by atoms with Gasteiger partial charge in [-0.1, -0.05) is 91.0 Å². The number of hydrogen-bond acceptors (Lipinski definition) is 5. The fourth-order valence-corrected chi connectivity index (χ4v) is 3.72. The third-order valence-corrected chi connectivity index (χ3v) is 5.44. The SMILES string of the molecule is CCOc1ccccc1NC(=O)C(OC(=O)c1ccccc1C(=O)c1ccccc1)c1ccccc1. The number of hydrogen-bond donors (Lipinski definition) is 1. The zero-order valence-corrected chi connectivity index (χ0v) is 19.7. The van der Waals surface area contributed by atoms with Crippen molar-refractivity contribution in [1.82, 2.24) is 0 Å². The van der Waals surface area contributed by atoms with Crippen LogP contribution in [0.2, 0.25) is 0 Å². The largest absolute Gasteiger partial charge is 0.492 e. The molecule has 1 amide bonds. The lowest BCUT2D eigenvalue weighted by Gasteiger charge is -2.20. The minimum Gasteiger partial charge on any atom is -0.492 e. The van der Waals surface area contributed by atoms with Gasteiger partial charge in [-0.05, 0) is 25.1 Å². The molecule has 0 radical (unpaired) electrons. The number of ketones is 1. The summed E-state index contributed by atoms with van der Waals surface area (Å²) < 4.78 is 11.3. The van der Waals surface area contributed by atoms with Crippen LogP contribution < -0.4 is 10.1 Å². The van der Waals surface area contributed by atoms with Gasteiger partial charge in [0.25, 0.3) is 5.91 Å². The van der Waals surface area contributed by atoms with Gasteiger partial charge in [0.15, 0.2) is 5.78 Å². The Bertz CT molecular complexity index is 1350. The fourth-order valence-electron chi connectivity index (χ4n) is 3.72. The van der Waals surface area contributed by atoms with Gasteiger partial charge in [-0.2, -0.15) is 0 Å². The molecule has 0 saturated heterocycles. The van der Waals surface area contributed by atoms with E-state index in [1.165, 1.54) is 6.07 Å². The minimum atomic E-state index is -1.26. The summed E-state index contributed by atoms with van der Waals surface area (Å²) in [6.45, 7) is 2.28. The van der Waals surface area contributed by atoms with Gasteiger partial charge in [-0.15, -0.1) is 0 Å². The molecule has 6 heteroatoms. The van der Waals surface area contributed by atoms with Crippen molar-refractivity contribution in [3.05, 3.63) is 131 Å². The Kier molecular flexibility index (Phi) is 7.88. The minimum absolute atomic E-state index is 0.0785. The van der Waals surface area contributed by atoms with Crippen molar-refractivity contribution >= 4 is 23.3 Å². The Balaban J connectivity index is 1.63. The van der Waals surface area contributed by atoms with Crippen molar-refractivity contribution in [3.8, 4) is 5.75 Å². The van der Waals surface area contributed by atoms with E-state index < -0.39 is 18.0 Å². The number of carbonyl (C=O) groups excluding carboxylic acids is 3. The Morgan fingerprint density at radius 3 is 2.00 bits per heavy atom. The lowest BCUT2D eigenvalue weighted by Crippen LogP contribution is -2.26. The number of amides is 1. The van der Waals surface area contributed by atoms with Crippen molar-refractivity contribution in [2.75, 3.05) is 11.9 Å². The van der Waals surface area contributed by atoms with Gasteiger partial charge < -0.3 is 14.8 Å². The molecule has 4 aromatic rings. The summed E-state index contributed by atoms with van der Waals surface area (Å²) in [5.41, 5.74) is 1.67. The highest BCUT2D eigenvalue weighted by atomic mass is 16.5. The molecule has 0 saturated carbocycles. The topological polar surface area (TPSA) is 81.7 Å². The molecule has 0 heterocycles. The molecule has 1 unspecified atom stereocenters. The van der Waals surface area contributed by atoms with E-state index >= 15 is 0 Å². The molecule has 0 bridgehead atoms. The third kappa shape index (κ3) is 5.67. The van der Waals surface area contributed by atoms with Gasteiger partial charge >= 0.3 is 5.97 Å². The molecule has 36 heavy (non-hydrogen) atoms. The molecular weight excluding hydrogens is 454 g/mol. The lowest BCUT2D eigenvalue weighted by molar-refractivity contribution is -0.125. The maximum atomic E-state index is 13.4. The smallest absolute Gasteiger partial charge is 0.340 e. The summed E-state index contributed by atoms with van der Waals surface area (Å²) >= 11 is 0. The molecule has 180 valence electrons. The Morgan fingerprint density at radius 2 is 1.31 bits per heavy atom. The Labute approximate surface area is 209 Å². The molecule has 4 aromatic carbocycles. The van der Waals surface area contributed by atoms with Crippen LogP contribution >= 0.6 is 0 Å². The van der Waals surface area contributed by atoms with Gasteiger partial charge in [-0.25, -0.2) is 4.79 Å². The number of rotatable bonds is 9. The first-order chi connectivity index (χ1) is 17.6. The Hall–Kier alpha value is -4.71. The molecule has 0 aliphatic heterocycles. The molecule has 0 spiro atoms. The number of ether oxygens (including phenoxy) is 2. The second-order valence-electron chi connectivity index (χ2n) is 7.86. The summed E-state index contributed by atoms with van der Waals surface area (Å²) in [5, 5.41) is 2.81. The maximum absolute atomic E-state index is 13.4. The van der Waals surface area contributed by atoms with Crippen molar-refractivity contribution < 1.29 is 23.9 Å². The van der Waals surface area contributed by atoms with Gasteiger partial charge in [0.1, 0.15) is 5.75 Å².